The van der Waals surface area contributed by atoms with E-state index in [1.54, 1.807) is 0 Å². The quantitative estimate of drug-likeness (QED) is 0.643. The van der Waals surface area contributed by atoms with Gasteiger partial charge in [-0.2, -0.15) is 0 Å². The van der Waals surface area contributed by atoms with E-state index in [0.29, 0.717) is 11.8 Å². The van der Waals surface area contributed by atoms with Crippen LogP contribution in [0.25, 0.3) is 0 Å². The first kappa shape index (κ1) is 13.6. The predicted octanol–water partition coefficient (Wildman–Crippen LogP) is 4.89. The molecule has 98 valence electrons. The monoisotopic (exact) mass is 263 g/mol. The second-order valence-corrected chi connectivity index (χ2v) is 6.20. The van der Waals surface area contributed by atoms with Crippen LogP contribution in [0.4, 0.5) is 0 Å². The van der Waals surface area contributed by atoms with Gasteiger partial charge in [0.15, 0.2) is 0 Å². The highest BCUT2D eigenvalue weighted by Crippen LogP contribution is 2.31. The summed E-state index contributed by atoms with van der Waals surface area (Å²) in [5, 5.41) is 0.138. The van der Waals surface area contributed by atoms with Crippen molar-refractivity contribution in [3.05, 3.63) is 35.6 Å². The summed E-state index contributed by atoms with van der Waals surface area (Å²) in [7, 11) is 0. The normalized spacial score (nSPS) is 27.9. The lowest BCUT2D eigenvalue weighted by atomic mass is 9.85. The van der Waals surface area contributed by atoms with Crippen molar-refractivity contribution in [1.82, 2.24) is 0 Å². The molecule has 1 heterocycles. The van der Waals surface area contributed by atoms with E-state index in [1.807, 2.05) is 6.20 Å². The number of aliphatic imine (C=N–C) groups is 1. The van der Waals surface area contributed by atoms with Crippen molar-refractivity contribution < 1.29 is 0 Å². The topological polar surface area (TPSA) is 12.4 Å². The van der Waals surface area contributed by atoms with Crippen LogP contribution in [0.1, 0.15) is 40.0 Å². The fraction of sp³-hybridized carbons (Fsp3) is 0.562. The van der Waals surface area contributed by atoms with Gasteiger partial charge in [0.05, 0.1) is 5.38 Å². The van der Waals surface area contributed by atoms with E-state index in [0.717, 1.165) is 19.3 Å². The Labute approximate surface area is 115 Å². The lowest BCUT2D eigenvalue weighted by Crippen LogP contribution is -2.19. The first-order valence-corrected chi connectivity index (χ1v) is 7.24. The van der Waals surface area contributed by atoms with Gasteiger partial charge >= 0.3 is 0 Å². The maximum atomic E-state index is 6.44. The third-order valence-electron chi connectivity index (χ3n) is 3.75. The van der Waals surface area contributed by atoms with Gasteiger partial charge in [0, 0.05) is 11.9 Å². The minimum absolute atomic E-state index is 0.138. The Morgan fingerprint density at radius 3 is 2.72 bits per heavy atom. The highest BCUT2D eigenvalue weighted by molar-refractivity contribution is 6.22. The molecular formula is C16H22ClN. The summed E-state index contributed by atoms with van der Waals surface area (Å²) in [5.41, 5.74) is 4.00. The van der Waals surface area contributed by atoms with E-state index in [4.69, 9.17) is 11.6 Å². The molecule has 0 bridgehead atoms. The van der Waals surface area contributed by atoms with E-state index in [-0.39, 0.29) is 5.38 Å². The standard InChI is InChI=1S/C16H22ClN/c1-11(2)15-7-6-13(9-16(15)17)8-14-5-4-12(3)18-10-14/h6-7,9-11,15-16H,4-5,8H2,1-3H3. The van der Waals surface area contributed by atoms with E-state index >= 15 is 0 Å². The Balaban J connectivity index is 2.00. The number of hydrogen-bond donors (Lipinski definition) is 0. The molecule has 2 aliphatic rings. The van der Waals surface area contributed by atoms with E-state index in [2.05, 4.69) is 44.0 Å². The van der Waals surface area contributed by atoms with Crippen molar-refractivity contribution in [2.45, 2.75) is 45.4 Å². The molecule has 1 aliphatic heterocycles. The van der Waals surface area contributed by atoms with Crippen LogP contribution in [0, 0.1) is 11.8 Å². The first-order chi connectivity index (χ1) is 8.56. The van der Waals surface area contributed by atoms with Crippen molar-refractivity contribution >= 4 is 17.3 Å². The molecular weight excluding hydrogens is 242 g/mol. The van der Waals surface area contributed by atoms with Gasteiger partial charge in [-0.25, -0.2) is 0 Å². The van der Waals surface area contributed by atoms with Crippen LogP contribution in [0.3, 0.4) is 0 Å². The summed E-state index contributed by atoms with van der Waals surface area (Å²) < 4.78 is 0. The van der Waals surface area contributed by atoms with Gasteiger partial charge in [0.2, 0.25) is 0 Å². The number of nitrogens with zero attached hydrogens (tertiary/aromatic N) is 1. The second-order valence-electron chi connectivity index (χ2n) is 5.69. The zero-order valence-electron chi connectivity index (χ0n) is 11.5. The maximum Gasteiger partial charge on any atom is 0.0586 e. The van der Waals surface area contributed by atoms with E-state index < -0.39 is 0 Å². The number of alkyl halides is 1. The molecule has 2 heteroatoms. The molecule has 2 atom stereocenters. The van der Waals surface area contributed by atoms with E-state index in [9.17, 15) is 0 Å². The molecule has 0 fully saturated rings. The summed E-state index contributed by atoms with van der Waals surface area (Å²) in [6.07, 6.45) is 12.0. The molecule has 18 heavy (non-hydrogen) atoms. The van der Waals surface area contributed by atoms with Gasteiger partial charge in [0.1, 0.15) is 0 Å². The number of halogens is 1. The Hall–Kier alpha value is -0.820. The van der Waals surface area contributed by atoms with Crippen LogP contribution in [-0.2, 0) is 0 Å². The summed E-state index contributed by atoms with van der Waals surface area (Å²) in [4.78, 5) is 4.41. The smallest absolute Gasteiger partial charge is 0.0586 e. The van der Waals surface area contributed by atoms with Crippen molar-refractivity contribution in [2.75, 3.05) is 0 Å². The average Bonchev–Trinajstić information content (AvgIpc) is 2.32. The van der Waals surface area contributed by atoms with Crippen molar-refractivity contribution in [3.63, 3.8) is 0 Å². The van der Waals surface area contributed by atoms with Crippen LogP contribution in [0.2, 0.25) is 0 Å². The number of allylic oxidation sites excluding steroid dienone is 5. The van der Waals surface area contributed by atoms with Crippen molar-refractivity contribution in [2.24, 2.45) is 16.8 Å². The second kappa shape index (κ2) is 5.88. The van der Waals surface area contributed by atoms with Gasteiger partial charge in [0.25, 0.3) is 0 Å². The molecule has 0 saturated carbocycles. The van der Waals surface area contributed by atoms with Gasteiger partial charge in [-0.3, -0.25) is 4.99 Å². The molecule has 0 amide bonds. The third-order valence-corrected chi connectivity index (χ3v) is 4.17. The predicted molar refractivity (Wildman–Crippen MR) is 80.2 cm³/mol. The Morgan fingerprint density at radius 1 is 1.39 bits per heavy atom. The summed E-state index contributed by atoms with van der Waals surface area (Å²) in [6.45, 7) is 6.55. The Kier molecular flexibility index (Phi) is 4.45. The third kappa shape index (κ3) is 3.35. The largest absolute Gasteiger partial charge is 0.266 e. The molecule has 2 rings (SSSR count). The summed E-state index contributed by atoms with van der Waals surface area (Å²) >= 11 is 6.44. The summed E-state index contributed by atoms with van der Waals surface area (Å²) in [6, 6.07) is 0. The van der Waals surface area contributed by atoms with Crippen LogP contribution < -0.4 is 0 Å². The minimum atomic E-state index is 0.138. The first-order valence-electron chi connectivity index (χ1n) is 6.80. The zero-order chi connectivity index (χ0) is 13.1. The lowest BCUT2D eigenvalue weighted by molar-refractivity contribution is 0.470. The molecule has 1 nitrogen and oxygen atoms in total. The van der Waals surface area contributed by atoms with Gasteiger partial charge in [-0.05, 0) is 49.2 Å². The maximum absolute atomic E-state index is 6.44. The summed E-state index contributed by atoms with van der Waals surface area (Å²) in [5.74, 6) is 1.07. The van der Waals surface area contributed by atoms with Gasteiger partial charge in [-0.1, -0.05) is 32.1 Å². The van der Waals surface area contributed by atoms with Crippen LogP contribution in [0.5, 0.6) is 0 Å². The molecule has 0 aromatic carbocycles. The molecule has 0 radical (unpaired) electrons. The lowest BCUT2D eigenvalue weighted by Gasteiger charge is -2.25. The Morgan fingerprint density at radius 2 is 2.17 bits per heavy atom. The van der Waals surface area contributed by atoms with Gasteiger partial charge in [-0.15, -0.1) is 11.6 Å². The number of hydrogen-bond acceptors (Lipinski definition) is 1. The van der Waals surface area contributed by atoms with Crippen LogP contribution >= 0.6 is 11.6 Å². The average molecular weight is 264 g/mol. The van der Waals surface area contributed by atoms with Crippen LogP contribution in [-0.4, -0.2) is 11.1 Å². The minimum Gasteiger partial charge on any atom is -0.266 e. The SMILES string of the molecule is CC1=NC=C(CC2=CC(Cl)C(C(C)C)C=C2)CC1. The fourth-order valence-corrected chi connectivity index (χ4v) is 3.02. The van der Waals surface area contributed by atoms with Gasteiger partial charge < -0.3 is 0 Å². The molecule has 2 unspecified atom stereocenters. The molecule has 0 aromatic heterocycles. The zero-order valence-corrected chi connectivity index (χ0v) is 12.2. The highest BCUT2D eigenvalue weighted by Gasteiger charge is 2.21. The van der Waals surface area contributed by atoms with Crippen molar-refractivity contribution in [1.29, 1.82) is 0 Å². The fourth-order valence-electron chi connectivity index (χ4n) is 2.49. The van der Waals surface area contributed by atoms with E-state index in [1.165, 1.54) is 16.9 Å². The number of rotatable bonds is 3. The molecule has 1 aliphatic carbocycles. The molecule has 0 aromatic rings. The Bertz CT molecular complexity index is 426. The molecule has 0 spiro atoms. The van der Waals surface area contributed by atoms with Crippen LogP contribution in [0.15, 0.2) is 40.6 Å². The molecule has 0 N–H and O–H groups in total. The molecule has 0 saturated heterocycles. The van der Waals surface area contributed by atoms with Crippen molar-refractivity contribution in [3.8, 4) is 0 Å². The highest BCUT2D eigenvalue weighted by atomic mass is 35.5.